The number of nitrogens with zero attached hydrogens (tertiary/aromatic N) is 3. The van der Waals surface area contributed by atoms with Crippen LogP contribution in [0.2, 0.25) is 0 Å². The van der Waals surface area contributed by atoms with Crippen LogP contribution in [0.1, 0.15) is 56.9 Å². The molecule has 3 rings (SSSR count). The first-order chi connectivity index (χ1) is 12.8. The average molecular weight is 374 g/mol. The molecule has 0 radical (unpaired) electrons. The highest BCUT2D eigenvalue weighted by Crippen LogP contribution is 2.24. The molecule has 0 aliphatic carbocycles. The molecule has 1 aromatic heterocycles. The molecule has 1 saturated heterocycles. The van der Waals surface area contributed by atoms with Crippen LogP contribution < -0.4 is 5.32 Å². The minimum atomic E-state index is -0.281. The molecule has 0 saturated carbocycles. The first-order valence-corrected chi connectivity index (χ1v) is 9.43. The standard InChI is InChI=1S/C20H27FN4O2/c1-20(2,3)19-23-17(27-24-19)8-5-9-18(26)25-11-10-22-13-16(25)14-6-4-7-15(21)12-14/h4,6-7,12,16,22H,5,8-11,13H2,1-3H3. The topological polar surface area (TPSA) is 71.3 Å². The highest BCUT2D eigenvalue weighted by molar-refractivity contribution is 5.77. The molecule has 7 heteroatoms. The van der Waals surface area contributed by atoms with Gasteiger partial charge in [-0.3, -0.25) is 4.79 Å². The summed E-state index contributed by atoms with van der Waals surface area (Å²) in [4.78, 5) is 19.0. The number of benzene rings is 1. The van der Waals surface area contributed by atoms with Gasteiger partial charge < -0.3 is 14.7 Å². The van der Waals surface area contributed by atoms with Crippen LogP contribution in [-0.2, 0) is 16.6 Å². The maximum atomic E-state index is 13.6. The molecular weight excluding hydrogens is 347 g/mol. The average Bonchev–Trinajstić information content (AvgIpc) is 3.11. The van der Waals surface area contributed by atoms with E-state index in [-0.39, 0.29) is 23.2 Å². The summed E-state index contributed by atoms with van der Waals surface area (Å²) in [6, 6.07) is 6.34. The summed E-state index contributed by atoms with van der Waals surface area (Å²) in [6.45, 7) is 8.09. The first-order valence-electron chi connectivity index (χ1n) is 9.43. The summed E-state index contributed by atoms with van der Waals surface area (Å²) >= 11 is 0. The van der Waals surface area contributed by atoms with Crippen molar-refractivity contribution in [3.63, 3.8) is 0 Å². The Kier molecular flexibility index (Phi) is 5.89. The lowest BCUT2D eigenvalue weighted by Gasteiger charge is -2.36. The Morgan fingerprint density at radius 2 is 2.22 bits per heavy atom. The van der Waals surface area contributed by atoms with Gasteiger partial charge in [-0.2, -0.15) is 4.98 Å². The molecule has 0 spiro atoms. The fourth-order valence-corrected chi connectivity index (χ4v) is 3.21. The summed E-state index contributed by atoms with van der Waals surface area (Å²) in [5.41, 5.74) is 0.665. The van der Waals surface area contributed by atoms with Crippen LogP contribution in [-0.4, -0.2) is 40.6 Å². The van der Waals surface area contributed by atoms with Crippen molar-refractivity contribution >= 4 is 5.91 Å². The van der Waals surface area contributed by atoms with Crippen LogP contribution in [0.25, 0.3) is 0 Å². The third kappa shape index (κ3) is 4.91. The Hall–Kier alpha value is -2.28. The lowest BCUT2D eigenvalue weighted by Crippen LogP contribution is -2.48. The van der Waals surface area contributed by atoms with Crippen molar-refractivity contribution in [1.82, 2.24) is 20.4 Å². The molecule has 2 aromatic rings. The van der Waals surface area contributed by atoms with E-state index in [1.165, 1.54) is 12.1 Å². The molecule has 146 valence electrons. The predicted molar refractivity (Wildman–Crippen MR) is 99.7 cm³/mol. The van der Waals surface area contributed by atoms with Gasteiger partial charge in [0.2, 0.25) is 11.8 Å². The van der Waals surface area contributed by atoms with Crippen LogP contribution in [0.4, 0.5) is 4.39 Å². The number of rotatable bonds is 5. The lowest BCUT2D eigenvalue weighted by atomic mass is 9.96. The van der Waals surface area contributed by atoms with Gasteiger partial charge in [0.25, 0.3) is 0 Å². The number of aryl methyl sites for hydroxylation is 1. The van der Waals surface area contributed by atoms with E-state index in [0.717, 1.165) is 12.1 Å². The molecule has 1 fully saturated rings. The van der Waals surface area contributed by atoms with E-state index in [1.807, 2.05) is 31.7 Å². The molecule has 1 unspecified atom stereocenters. The normalized spacial score (nSPS) is 17.9. The molecule has 1 amide bonds. The zero-order valence-corrected chi connectivity index (χ0v) is 16.2. The summed E-state index contributed by atoms with van der Waals surface area (Å²) in [5.74, 6) is 1.03. The summed E-state index contributed by atoms with van der Waals surface area (Å²) in [5, 5.41) is 7.30. The number of hydrogen-bond donors (Lipinski definition) is 1. The molecule has 2 heterocycles. The van der Waals surface area contributed by atoms with Crippen molar-refractivity contribution < 1.29 is 13.7 Å². The lowest BCUT2D eigenvalue weighted by molar-refractivity contribution is -0.134. The largest absolute Gasteiger partial charge is 0.339 e. The van der Waals surface area contributed by atoms with Crippen molar-refractivity contribution in [3.05, 3.63) is 47.4 Å². The fraction of sp³-hybridized carbons (Fsp3) is 0.550. The molecule has 27 heavy (non-hydrogen) atoms. The van der Waals surface area contributed by atoms with Gasteiger partial charge in [-0.1, -0.05) is 38.1 Å². The summed E-state index contributed by atoms with van der Waals surface area (Å²) < 4.78 is 18.9. The highest BCUT2D eigenvalue weighted by Gasteiger charge is 2.28. The second-order valence-electron chi connectivity index (χ2n) is 7.98. The van der Waals surface area contributed by atoms with E-state index in [4.69, 9.17) is 4.52 Å². The van der Waals surface area contributed by atoms with E-state index in [1.54, 1.807) is 6.07 Å². The van der Waals surface area contributed by atoms with Gasteiger partial charge >= 0.3 is 0 Å². The zero-order chi connectivity index (χ0) is 19.4. The molecule has 1 aliphatic heterocycles. The van der Waals surface area contributed by atoms with Crippen molar-refractivity contribution in [1.29, 1.82) is 0 Å². The van der Waals surface area contributed by atoms with Gasteiger partial charge in [-0.05, 0) is 24.1 Å². The van der Waals surface area contributed by atoms with Crippen LogP contribution in [0.3, 0.4) is 0 Å². The van der Waals surface area contributed by atoms with Gasteiger partial charge in [-0.15, -0.1) is 0 Å². The number of carbonyl (C=O) groups excluding carboxylic acids is 1. The predicted octanol–water partition coefficient (Wildman–Crippen LogP) is 3.00. The van der Waals surface area contributed by atoms with Crippen LogP contribution in [0.5, 0.6) is 0 Å². The van der Waals surface area contributed by atoms with E-state index in [2.05, 4.69) is 15.5 Å². The van der Waals surface area contributed by atoms with Crippen molar-refractivity contribution in [2.24, 2.45) is 0 Å². The van der Waals surface area contributed by atoms with Crippen molar-refractivity contribution in [2.45, 2.75) is 51.5 Å². The maximum Gasteiger partial charge on any atom is 0.226 e. The Balaban J connectivity index is 1.58. The number of carbonyl (C=O) groups is 1. The Morgan fingerprint density at radius 1 is 1.41 bits per heavy atom. The number of hydrogen-bond acceptors (Lipinski definition) is 5. The molecule has 6 nitrogen and oxygen atoms in total. The molecule has 1 aliphatic rings. The maximum absolute atomic E-state index is 13.6. The summed E-state index contributed by atoms with van der Waals surface area (Å²) in [6.07, 6.45) is 1.62. The van der Waals surface area contributed by atoms with E-state index >= 15 is 0 Å². The Labute approximate surface area is 159 Å². The van der Waals surface area contributed by atoms with E-state index < -0.39 is 0 Å². The number of halogens is 1. The minimum absolute atomic E-state index is 0.0707. The summed E-state index contributed by atoms with van der Waals surface area (Å²) in [7, 11) is 0. The molecule has 1 aromatic carbocycles. The van der Waals surface area contributed by atoms with E-state index in [0.29, 0.717) is 44.1 Å². The van der Waals surface area contributed by atoms with Gasteiger partial charge in [-0.25, -0.2) is 4.39 Å². The zero-order valence-electron chi connectivity index (χ0n) is 16.2. The van der Waals surface area contributed by atoms with Crippen LogP contribution in [0, 0.1) is 5.82 Å². The monoisotopic (exact) mass is 374 g/mol. The quantitative estimate of drug-likeness (QED) is 0.871. The van der Waals surface area contributed by atoms with Gasteiger partial charge in [0.1, 0.15) is 5.82 Å². The smallest absolute Gasteiger partial charge is 0.226 e. The highest BCUT2D eigenvalue weighted by atomic mass is 19.1. The fourth-order valence-electron chi connectivity index (χ4n) is 3.21. The van der Waals surface area contributed by atoms with E-state index in [9.17, 15) is 9.18 Å². The molecular formula is C20H27FN4O2. The number of piperazine rings is 1. The Morgan fingerprint density at radius 3 is 2.93 bits per heavy atom. The Bertz CT molecular complexity index is 784. The first kappa shape index (κ1) is 19.5. The third-order valence-corrected chi connectivity index (χ3v) is 4.72. The van der Waals surface area contributed by atoms with Crippen LogP contribution >= 0.6 is 0 Å². The van der Waals surface area contributed by atoms with Crippen LogP contribution in [0.15, 0.2) is 28.8 Å². The molecule has 1 N–H and O–H groups in total. The number of amides is 1. The number of aromatic nitrogens is 2. The number of nitrogens with one attached hydrogen (secondary N) is 1. The molecule has 0 bridgehead atoms. The second-order valence-corrected chi connectivity index (χ2v) is 7.98. The third-order valence-electron chi connectivity index (χ3n) is 4.72. The van der Waals surface area contributed by atoms with Gasteiger partial charge in [0, 0.05) is 37.9 Å². The second kappa shape index (κ2) is 8.17. The van der Waals surface area contributed by atoms with Crippen molar-refractivity contribution in [3.8, 4) is 0 Å². The SMILES string of the molecule is CC(C)(C)c1noc(CCCC(=O)N2CCNCC2c2cccc(F)c2)n1. The van der Waals surface area contributed by atoms with Gasteiger partial charge in [0.15, 0.2) is 5.82 Å². The van der Waals surface area contributed by atoms with Crippen molar-refractivity contribution in [2.75, 3.05) is 19.6 Å². The molecule has 1 atom stereocenters. The van der Waals surface area contributed by atoms with Gasteiger partial charge in [0.05, 0.1) is 6.04 Å². The minimum Gasteiger partial charge on any atom is -0.339 e.